The molecule has 3 aromatic rings. The number of aromatic nitrogens is 1. The highest BCUT2D eigenvalue weighted by molar-refractivity contribution is 5.88. The average molecular weight is 429 g/mol. The van der Waals surface area contributed by atoms with Crippen molar-refractivity contribution in [2.45, 2.75) is 19.3 Å². The first-order chi connectivity index (χ1) is 14.0. The molecule has 0 aliphatic heterocycles. The number of carbonyl (C=O) groups excluding carboxylic acids is 1. The Labute approximate surface area is 166 Å². The summed E-state index contributed by atoms with van der Waals surface area (Å²) in [4.78, 5) is 11.7. The zero-order valence-electron chi connectivity index (χ0n) is 15.3. The van der Waals surface area contributed by atoms with Gasteiger partial charge in [0.1, 0.15) is 0 Å². The van der Waals surface area contributed by atoms with E-state index in [-0.39, 0.29) is 35.3 Å². The summed E-state index contributed by atoms with van der Waals surface area (Å²) in [7, 11) is 0. The lowest BCUT2D eigenvalue weighted by atomic mass is 9.97. The van der Waals surface area contributed by atoms with Crippen LogP contribution in [0.2, 0.25) is 0 Å². The van der Waals surface area contributed by atoms with Gasteiger partial charge in [-0.05, 0) is 42.3 Å². The van der Waals surface area contributed by atoms with Gasteiger partial charge >= 0.3 is 18.3 Å². The van der Waals surface area contributed by atoms with E-state index in [1.165, 1.54) is 30.3 Å². The van der Waals surface area contributed by atoms with Crippen molar-refractivity contribution in [1.82, 2.24) is 5.16 Å². The van der Waals surface area contributed by atoms with Gasteiger partial charge in [0.25, 0.3) is 0 Å². The Morgan fingerprint density at radius 3 is 2.07 bits per heavy atom. The first kappa shape index (κ1) is 21.4. The fourth-order valence-corrected chi connectivity index (χ4v) is 2.69. The maximum atomic E-state index is 13.1. The second kappa shape index (κ2) is 7.85. The Hall–Kier alpha value is -3.30. The zero-order valence-corrected chi connectivity index (χ0v) is 15.3. The summed E-state index contributed by atoms with van der Waals surface area (Å²) >= 11 is 0. The minimum absolute atomic E-state index is 0.0649. The Morgan fingerprint density at radius 1 is 0.900 bits per heavy atom. The molecule has 0 aliphatic rings. The maximum Gasteiger partial charge on any atom is 0.416 e. The van der Waals surface area contributed by atoms with Crippen LogP contribution in [0.25, 0.3) is 22.5 Å². The van der Waals surface area contributed by atoms with Crippen LogP contribution < -0.4 is 0 Å². The normalized spacial score (nSPS) is 12.1. The van der Waals surface area contributed by atoms with Crippen LogP contribution in [0.5, 0.6) is 0 Å². The fourth-order valence-electron chi connectivity index (χ4n) is 2.69. The topological polar surface area (TPSA) is 52.3 Å². The van der Waals surface area contributed by atoms with E-state index in [1.807, 2.05) is 0 Å². The third kappa shape index (κ3) is 4.64. The molecule has 0 bridgehead atoms. The summed E-state index contributed by atoms with van der Waals surface area (Å²) in [6, 6.07) is 8.26. The van der Waals surface area contributed by atoms with Crippen LogP contribution in [0.15, 0.2) is 53.1 Å². The summed E-state index contributed by atoms with van der Waals surface area (Å²) in [5.74, 6) is -0.626. The molecule has 0 unspecified atom stereocenters. The number of halogens is 6. The lowest BCUT2D eigenvalue weighted by Crippen LogP contribution is -2.11. The second-order valence-electron chi connectivity index (χ2n) is 6.17. The zero-order chi connectivity index (χ0) is 22.1. The number of benzene rings is 2. The van der Waals surface area contributed by atoms with Gasteiger partial charge in [0.05, 0.1) is 17.7 Å². The minimum Gasteiger partial charge on any atom is -0.461 e. The molecule has 0 saturated carbocycles. The number of hydrogen-bond donors (Lipinski definition) is 0. The highest BCUT2D eigenvalue weighted by Gasteiger charge is 2.37. The van der Waals surface area contributed by atoms with Crippen molar-refractivity contribution in [3.05, 3.63) is 65.4 Å². The minimum atomic E-state index is -4.95. The van der Waals surface area contributed by atoms with Gasteiger partial charge in [-0.2, -0.15) is 26.3 Å². The second-order valence-corrected chi connectivity index (χ2v) is 6.17. The summed E-state index contributed by atoms with van der Waals surface area (Å²) in [6.45, 7) is 1.72. The molecule has 1 heterocycles. The maximum absolute atomic E-state index is 13.1. The third-order valence-corrected chi connectivity index (χ3v) is 4.06. The van der Waals surface area contributed by atoms with E-state index < -0.39 is 29.4 Å². The van der Waals surface area contributed by atoms with Crippen LogP contribution >= 0.6 is 0 Å². The summed E-state index contributed by atoms with van der Waals surface area (Å²) < 4.78 is 88.5. The molecule has 30 heavy (non-hydrogen) atoms. The molecule has 0 N–H and O–H groups in total. The molecule has 4 nitrogen and oxygen atoms in total. The summed E-state index contributed by atoms with van der Waals surface area (Å²) in [6.07, 6.45) is -9.90. The quantitative estimate of drug-likeness (QED) is 0.365. The molecule has 0 fully saturated rings. The van der Waals surface area contributed by atoms with Crippen LogP contribution in [0.1, 0.15) is 28.5 Å². The molecule has 0 aliphatic carbocycles. The van der Waals surface area contributed by atoms with Crippen LogP contribution in [-0.2, 0) is 17.1 Å². The van der Waals surface area contributed by atoms with Gasteiger partial charge in [-0.25, -0.2) is 4.79 Å². The molecule has 3 rings (SSSR count). The van der Waals surface area contributed by atoms with Gasteiger partial charge in [0.15, 0.2) is 11.5 Å². The van der Waals surface area contributed by atoms with Gasteiger partial charge in [-0.3, -0.25) is 0 Å². The number of carbonyl (C=O) groups is 1. The van der Waals surface area contributed by atoms with Crippen LogP contribution in [0, 0.1) is 0 Å². The van der Waals surface area contributed by atoms with Crippen molar-refractivity contribution in [2.24, 2.45) is 0 Å². The molecular formula is C20H13F6NO3. The van der Waals surface area contributed by atoms with Gasteiger partial charge in [0.2, 0.25) is 0 Å². The highest BCUT2D eigenvalue weighted by atomic mass is 19.4. The number of hydrogen-bond acceptors (Lipinski definition) is 4. The van der Waals surface area contributed by atoms with E-state index in [1.54, 1.807) is 6.92 Å². The van der Waals surface area contributed by atoms with Crippen molar-refractivity contribution < 1.29 is 40.4 Å². The van der Waals surface area contributed by atoms with Crippen LogP contribution in [0.4, 0.5) is 26.3 Å². The predicted molar refractivity (Wildman–Crippen MR) is 93.3 cm³/mol. The van der Waals surface area contributed by atoms with Crippen molar-refractivity contribution in [2.75, 3.05) is 6.61 Å². The standard InChI is InChI=1S/C20H13F6NO3/c1-2-29-18(28)16-10-17(30-27-16)12-5-3-4-11(6-12)13-7-14(19(21,22)23)9-15(8-13)20(24,25)26/h3-10H,2H2,1H3. The predicted octanol–water partition coefficient (Wildman–Crippen LogP) is 6.22. The molecule has 0 amide bonds. The third-order valence-electron chi connectivity index (χ3n) is 4.06. The molecule has 2 aromatic carbocycles. The van der Waals surface area contributed by atoms with Gasteiger partial charge in [-0.1, -0.05) is 23.4 Å². The van der Waals surface area contributed by atoms with Crippen LogP contribution in [-0.4, -0.2) is 17.7 Å². The molecule has 158 valence electrons. The van der Waals surface area contributed by atoms with Crippen molar-refractivity contribution >= 4 is 5.97 Å². The van der Waals surface area contributed by atoms with Crippen molar-refractivity contribution in [3.8, 4) is 22.5 Å². The summed E-state index contributed by atoms with van der Waals surface area (Å²) in [5, 5.41) is 3.56. The first-order valence-electron chi connectivity index (χ1n) is 8.53. The Bertz CT molecular complexity index is 1040. The first-order valence-corrected chi connectivity index (χ1v) is 8.53. The molecule has 10 heteroatoms. The number of esters is 1. The van der Waals surface area contributed by atoms with Gasteiger partial charge in [0, 0.05) is 11.6 Å². The average Bonchev–Trinajstić information content (AvgIpc) is 3.17. The molecule has 1 aromatic heterocycles. The molecule has 0 saturated heterocycles. The number of rotatable bonds is 4. The van der Waals surface area contributed by atoms with Crippen molar-refractivity contribution in [1.29, 1.82) is 0 Å². The fraction of sp³-hybridized carbons (Fsp3) is 0.200. The Morgan fingerprint density at radius 2 is 1.50 bits per heavy atom. The Kier molecular flexibility index (Phi) is 5.60. The summed E-state index contributed by atoms with van der Waals surface area (Å²) in [5.41, 5.74) is -2.82. The van der Waals surface area contributed by atoms with E-state index in [4.69, 9.17) is 9.26 Å². The van der Waals surface area contributed by atoms with Crippen molar-refractivity contribution in [3.63, 3.8) is 0 Å². The molecule has 0 atom stereocenters. The van der Waals surface area contributed by atoms with E-state index in [0.29, 0.717) is 17.7 Å². The monoisotopic (exact) mass is 429 g/mol. The van der Waals surface area contributed by atoms with Crippen LogP contribution in [0.3, 0.4) is 0 Å². The van der Waals surface area contributed by atoms with Gasteiger partial charge in [-0.15, -0.1) is 0 Å². The highest BCUT2D eigenvalue weighted by Crippen LogP contribution is 2.39. The number of nitrogens with zero attached hydrogens (tertiary/aromatic N) is 1. The molecule has 0 radical (unpaired) electrons. The lowest BCUT2D eigenvalue weighted by molar-refractivity contribution is -0.143. The number of alkyl halides is 6. The van der Waals surface area contributed by atoms with E-state index >= 15 is 0 Å². The van der Waals surface area contributed by atoms with E-state index in [0.717, 1.165) is 0 Å². The lowest BCUT2D eigenvalue weighted by Gasteiger charge is -2.14. The van der Waals surface area contributed by atoms with Gasteiger partial charge < -0.3 is 9.26 Å². The largest absolute Gasteiger partial charge is 0.461 e. The van der Waals surface area contributed by atoms with E-state index in [2.05, 4.69) is 5.16 Å². The Balaban J connectivity index is 2.05. The molecular weight excluding hydrogens is 416 g/mol. The van der Waals surface area contributed by atoms with E-state index in [9.17, 15) is 31.1 Å². The SMILES string of the molecule is CCOC(=O)c1cc(-c2cccc(-c3cc(C(F)(F)F)cc(C(F)(F)F)c3)c2)on1. The molecule has 0 spiro atoms. The number of ether oxygens (including phenoxy) is 1. The smallest absolute Gasteiger partial charge is 0.416 e.